The van der Waals surface area contributed by atoms with Crippen LogP contribution in [-0.2, 0) is 0 Å². The van der Waals surface area contributed by atoms with Crippen LogP contribution in [0.4, 0.5) is 0 Å². The van der Waals surface area contributed by atoms with Crippen molar-refractivity contribution in [1.29, 1.82) is 0 Å². The van der Waals surface area contributed by atoms with Crippen molar-refractivity contribution in [2.45, 2.75) is 64.2 Å². The fraction of sp³-hybridized carbons (Fsp3) is 0.211. The monoisotopic (exact) mass is 972 g/mol. The van der Waals surface area contributed by atoms with Gasteiger partial charge in [0, 0.05) is 17.8 Å². The van der Waals surface area contributed by atoms with Gasteiger partial charge in [0.15, 0.2) is 0 Å². The minimum Gasteiger partial charge on any atom is -0.0842 e. The first-order chi connectivity index (χ1) is 37.7. The summed E-state index contributed by atoms with van der Waals surface area (Å²) >= 11 is 0. The number of hydrogen-bond donors (Lipinski definition) is 0. The highest BCUT2D eigenvalue weighted by Crippen LogP contribution is 2.62. The Hall–Kier alpha value is -7.80. The fourth-order valence-electron chi connectivity index (χ4n) is 16.4. The molecule has 0 heterocycles. The molecule has 6 unspecified atom stereocenters. The molecule has 6 atom stereocenters. The maximum atomic E-state index is 2.70. The third-order valence-corrected chi connectivity index (χ3v) is 19.7. The molecule has 0 fully saturated rings. The van der Waals surface area contributed by atoms with Crippen LogP contribution in [-0.4, -0.2) is 0 Å². The van der Waals surface area contributed by atoms with E-state index in [1.165, 1.54) is 117 Å². The Morgan fingerprint density at radius 2 is 1.38 bits per heavy atom. The normalized spacial score (nSPS) is 26.5. The lowest BCUT2D eigenvalue weighted by atomic mass is 9.62. The van der Waals surface area contributed by atoms with Gasteiger partial charge in [-0.2, -0.15) is 0 Å². The highest BCUT2D eigenvalue weighted by Gasteiger charge is 2.45. The molecular weight excluding hydrogens is 913 g/mol. The number of rotatable bonds is 6. The van der Waals surface area contributed by atoms with Gasteiger partial charge in [-0.05, 0) is 244 Å². The van der Waals surface area contributed by atoms with Crippen molar-refractivity contribution in [1.82, 2.24) is 0 Å². The third kappa shape index (κ3) is 6.43. The number of hydrogen-bond acceptors (Lipinski definition) is 0. The molecule has 0 spiro atoms. The van der Waals surface area contributed by atoms with Crippen molar-refractivity contribution in [2.75, 3.05) is 0 Å². The summed E-state index contributed by atoms with van der Waals surface area (Å²) in [6, 6.07) is 35.6. The van der Waals surface area contributed by atoms with Gasteiger partial charge in [0.05, 0.1) is 0 Å². The Labute approximate surface area is 447 Å². The minimum atomic E-state index is 0.326. The predicted molar refractivity (Wildman–Crippen MR) is 318 cm³/mol. The van der Waals surface area contributed by atoms with Crippen molar-refractivity contribution in [2.24, 2.45) is 35.5 Å². The first kappa shape index (κ1) is 43.4. The Morgan fingerprint density at radius 3 is 2.18 bits per heavy atom. The van der Waals surface area contributed by atoms with Crippen LogP contribution in [0.15, 0.2) is 257 Å². The third-order valence-electron chi connectivity index (χ3n) is 19.7. The largest absolute Gasteiger partial charge is 0.0842 e. The van der Waals surface area contributed by atoms with Gasteiger partial charge >= 0.3 is 0 Å². The molecule has 0 nitrogen and oxygen atoms in total. The van der Waals surface area contributed by atoms with Crippen LogP contribution in [0.5, 0.6) is 0 Å². The van der Waals surface area contributed by atoms with Gasteiger partial charge in [0.2, 0.25) is 0 Å². The molecule has 364 valence electrons. The predicted octanol–water partition coefficient (Wildman–Crippen LogP) is 17.6. The molecule has 0 saturated heterocycles. The second-order valence-electron chi connectivity index (χ2n) is 23.7. The van der Waals surface area contributed by atoms with Gasteiger partial charge < -0.3 is 0 Å². The lowest BCUT2D eigenvalue weighted by Gasteiger charge is -2.41. The standard InChI is InChI=1S/C76H60/c1-6-17-45(18-7-1)51-32-33-59-57(35-51)41-68-73-60(59)27-16-28-62(73)75-70(48-23-12-4-13-24-48)67-44-64-63(43-66(67)71(76(68)75)49-25-14-5-15-26-49)61-34-31-50-29-30-52-36-55(40-58-42-65(64)74(61)72(50)69(52)58)56-38-53(46-19-8-2-9-20-46)37-54(39-56)47-21-10-3-11-22-47/h1-2,4-8,10,12-17,19,21-30,32-33,36-37,39-40,42-45,51-52,56-57,69H,3,9,11,18,20,31,34-35,38,41H2. The summed E-state index contributed by atoms with van der Waals surface area (Å²) in [5, 5.41) is 5.70. The summed E-state index contributed by atoms with van der Waals surface area (Å²) in [5.41, 5.74) is 32.3. The van der Waals surface area contributed by atoms with Gasteiger partial charge in [-0.1, -0.05) is 188 Å². The van der Waals surface area contributed by atoms with E-state index in [9.17, 15) is 0 Å². The highest BCUT2D eigenvalue weighted by molar-refractivity contribution is 6.21. The Morgan fingerprint density at radius 1 is 0.526 bits per heavy atom. The lowest BCUT2D eigenvalue weighted by Crippen LogP contribution is -2.36. The van der Waals surface area contributed by atoms with Gasteiger partial charge in [-0.25, -0.2) is 0 Å². The number of benzene rings is 5. The van der Waals surface area contributed by atoms with Crippen molar-refractivity contribution in [3.8, 4) is 33.4 Å². The van der Waals surface area contributed by atoms with Crippen LogP contribution in [0.1, 0.15) is 80.9 Å². The van der Waals surface area contributed by atoms with Crippen molar-refractivity contribution in [3.05, 3.63) is 284 Å². The quantitative estimate of drug-likeness (QED) is 0.159. The van der Waals surface area contributed by atoms with Crippen LogP contribution >= 0.6 is 0 Å². The van der Waals surface area contributed by atoms with E-state index in [0.29, 0.717) is 35.5 Å². The van der Waals surface area contributed by atoms with E-state index in [4.69, 9.17) is 0 Å². The zero-order valence-corrected chi connectivity index (χ0v) is 43.2. The van der Waals surface area contributed by atoms with E-state index < -0.39 is 0 Å². The summed E-state index contributed by atoms with van der Waals surface area (Å²) in [5.74, 6) is 2.63. The van der Waals surface area contributed by atoms with Crippen molar-refractivity contribution >= 4 is 33.1 Å². The number of allylic oxidation sites excluding steroid dienone is 30. The Bertz CT molecular complexity index is 4140. The summed E-state index contributed by atoms with van der Waals surface area (Å²) in [4.78, 5) is 0. The first-order valence-corrected chi connectivity index (χ1v) is 28.8. The van der Waals surface area contributed by atoms with Gasteiger partial charge in [-0.15, -0.1) is 0 Å². The summed E-state index contributed by atoms with van der Waals surface area (Å²) in [6.07, 6.45) is 58.1. The van der Waals surface area contributed by atoms with E-state index in [1.807, 2.05) is 0 Å². The molecule has 0 radical (unpaired) electrons. The highest BCUT2D eigenvalue weighted by atomic mass is 14.5. The summed E-state index contributed by atoms with van der Waals surface area (Å²) in [6.45, 7) is 0. The van der Waals surface area contributed by atoms with E-state index in [0.717, 1.165) is 57.8 Å². The van der Waals surface area contributed by atoms with Gasteiger partial charge in [0.25, 0.3) is 0 Å². The minimum absolute atomic E-state index is 0.326. The van der Waals surface area contributed by atoms with Gasteiger partial charge in [0.1, 0.15) is 0 Å². The smallest absolute Gasteiger partial charge is 0.0196 e. The molecule has 0 aromatic heterocycles. The lowest BCUT2D eigenvalue weighted by molar-refractivity contribution is 0.392. The van der Waals surface area contributed by atoms with Crippen LogP contribution in [0.3, 0.4) is 0 Å². The molecule has 12 aliphatic carbocycles. The molecular formula is C76H60. The van der Waals surface area contributed by atoms with Crippen LogP contribution in [0.2, 0.25) is 0 Å². The average molecular weight is 973 g/mol. The zero-order valence-electron chi connectivity index (χ0n) is 43.2. The maximum Gasteiger partial charge on any atom is 0.0196 e. The topological polar surface area (TPSA) is 0 Å². The Balaban J connectivity index is 0.873. The molecule has 0 amide bonds. The molecule has 12 aliphatic rings. The second-order valence-corrected chi connectivity index (χ2v) is 23.7. The SMILES string of the molecule is C1=CCCC(C2=CC(C3=CCCC=C3)=CC(C3=CC4C=CC5=C6C7=C(CC5)c5cc8c(-c9ccccc9)c9c(c(-c%10ccccc%10)c8cc5C7=CC(=C3)C64)-c3cccc4c3=C9CC3CC(C5C=CC=CC5)C=CC=43)C2)=C1. The first-order valence-electron chi connectivity index (χ1n) is 28.8. The van der Waals surface area contributed by atoms with Crippen LogP contribution in [0, 0.1) is 35.5 Å². The zero-order chi connectivity index (χ0) is 49.6. The van der Waals surface area contributed by atoms with Crippen LogP contribution < -0.4 is 10.4 Å². The summed E-state index contributed by atoms with van der Waals surface area (Å²) < 4.78 is 0. The molecule has 0 bridgehead atoms. The average Bonchev–Trinajstić information content (AvgIpc) is 4.10. The summed E-state index contributed by atoms with van der Waals surface area (Å²) in [7, 11) is 0. The van der Waals surface area contributed by atoms with E-state index >= 15 is 0 Å². The number of fused-ring (bicyclic) bond motifs is 8. The fourth-order valence-corrected chi connectivity index (χ4v) is 16.4. The maximum absolute atomic E-state index is 2.70. The van der Waals surface area contributed by atoms with E-state index in [2.05, 4.69) is 206 Å². The molecule has 0 heteroatoms. The van der Waals surface area contributed by atoms with Crippen LogP contribution in [0.25, 0.3) is 66.4 Å². The van der Waals surface area contributed by atoms with E-state index in [-0.39, 0.29) is 0 Å². The molecule has 5 aromatic carbocycles. The molecule has 0 N–H and O–H groups in total. The van der Waals surface area contributed by atoms with Crippen molar-refractivity contribution < 1.29 is 0 Å². The van der Waals surface area contributed by atoms with E-state index in [1.54, 1.807) is 33.4 Å². The molecule has 17 rings (SSSR count). The molecule has 76 heavy (non-hydrogen) atoms. The molecule has 5 aromatic rings. The molecule has 0 aliphatic heterocycles. The Kier molecular flexibility index (Phi) is 9.63. The molecule has 0 saturated carbocycles. The van der Waals surface area contributed by atoms with Crippen molar-refractivity contribution in [3.63, 3.8) is 0 Å². The van der Waals surface area contributed by atoms with Gasteiger partial charge in [-0.3, -0.25) is 0 Å². The second kappa shape index (κ2) is 16.9.